The van der Waals surface area contributed by atoms with Crippen LogP contribution in [0.2, 0.25) is 0 Å². The highest BCUT2D eigenvalue weighted by molar-refractivity contribution is 9.10. The van der Waals surface area contributed by atoms with Gasteiger partial charge in [-0.2, -0.15) is 0 Å². The largest absolute Gasteiger partial charge is 0.317 e. The Morgan fingerprint density at radius 3 is 2.81 bits per heavy atom. The molecule has 2 rings (SSSR count). The van der Waals surface area contributed by atoms with Gasteiger partial charge in [-0.1, -0.05) is 0 Å². The Bertz CT molecular complexity index is 574. The molecule has 0 spiro atoms. The second-order valence-corrected chi connectivity index (χ2v) is 4.25. The predicted molar refractivity (Wildman–Crippen MR) is 61.0 cm³/mol. The number of aromatic nitrogens is 5. The van der Waals surface area contributed by atoms with Crippen molar-refractivity contribution in [2.75, 3.05) is 0 Å². The Balaban J connectivity index is 2.38. The van der Waals surface area contributed by atoms with E-state index >= 15 is 0 Å². The standard InChI is InChI=1S/C9H10BrN5O/c1-6-12-13-8(14(6)2)4-15-5-11-3-7(10)9(15)16/h3,5H,4H2,1-2H3. The predicted octanol–water partition coefficient (Wildman–Crippen LogP) is 0.491. The summed E-state index contributed by atoms with van der Waals surface area (Å²) in [6.45, 7) is 2.22. The van der Waals surface area contributed by atoms with Crippen molar-refractivity contribution in [3.63, 3.8) is 0 Å². The minimum atomic E-state index is -0.129. The lowest BCUT2D eigenvalue weighted by atomic mass is 10.5. The number of hydrogen-bond acceptors (Lipinski definition) is 4. The monoisotopic (exact) mass is 283 g/mol. The number of rotatable bonds is 2. The molecule has 0 aliphatic rings. The summed E-state index contributed by atoms with van der Waals surface area (Å²) < 4.78 is 3.76. The maximum absolute atomic E-state index is 11.7. The molecule has 84 valence electrons. The molecule has 6 nitrogen and oxygen atoms in total. The van der Waals surface area contributed by atoms with Crippen LogP contribution in [0.3, 0.4) is 0 Å². The van der Waals surface area contributed by atoms with Crippen molar-refractivity contribution in [3.05, 3.63) is 39.0 Å². The second kappa shape index (κ2) is 4.17. The average Bonchev–Trinajstić information content (AvgIpc) is 2.57. The van der Waals surface area contributed by atoms with Crippen LogP contribution in [0.1, 0.15) is 11.6 Å². The summed E-state index contributed by atoms with van der Waals surface area (Å²) in [4.78, 5) is 15.6. The Hall–Kier alpha value is -1.50. The molecule has 2 heterocycles. The number of halogens is 1. The zero-order valence-corrected chi connectivity index (χ0v) is 10.5. The highest BCUT2D eigenvalue weighted by Crippen LogP contribution is 2.02. The molecule has 0 radical (unpaired) electrons. The van der Waals surface area contributed by atoms with Gasteiger partial charge in [-0.25, -0.2) is 4.98 Å². The molecule has 0 aromatic carbocycles. The highest BCUT2D eigenvalue weighted by atomic mass is 79.9. The lowest BCUT2D eigenvalue weighted by Gasteiger charge is -2.04. The molecule has 0 bridgehead atoms. The first-order valence-corrected chi connectivity index (χ1v) is 5.43. The SMILES string of the molecule is Cc1nnc(Cn2cncc(Br)c2=O)n1C. The Kier molecular flexibility index (Phi) is 2.86. The van der Waals surface area contributed by atoms with Gasteiger partial charge in [-0.15, -0.1) is 10.2 Å². The third-order valence-corrected chi connectivity index (χ3v) is 2.90. The van der Waals surface area contributed by atoms with Gasteiger partial charge in [0.1, 0.15) is 10.3 Å². The molecule has 7 heteroatoms. The normalized spacial score (nSPS) is 10.7. The Labute approximate surface area is 100 Å². The molecule has 16 heavy (non-hydrogen) atoms. The van der Waals surface area contributed by atoms with Crippen LogP contribution in [-0.4, -0.2) is 24.3 Å². The number of aryl methyl sites for hydroxylation is 1. The van der Waals surface area contributed by atoms with E-state index in [0.29, 0.717) is 11.0 Å². The molecule has 0 aliphatic carbocycles. The van der Waals surface area contributed by atoms with Crippen LogP contribution in [0.4, 0.5) is 0 Å². The molecule has 0 saturated heterocycles. The van der Waals surface area contributed by atoms with Crippen LogP contribution in [0, 0.1) is 6.92 Å². The fourth-order valence-corrected chi connectivity index (χ4v) is 1.62. The summed E-state index contributed by atoms with van der Waals surface area (Å²) >= 11 is 3.14. The fourth-order valence-electron chi connectivity index (χ4n) is 1.28. The van der Waals surface area contributed by atoms with Crippen LogP contribution in [0.25, 0.3) is 0 Å². The first-order valence-electron chi connectivity index (χ1n) is 4.64. The van der Waals surface area contributed by atoms with Gasteiger partial charge in [0.2, 0.25) is 0 Å². The van der Waals surface area contributed by atoms with Gasteiger partial charge in [0.25, 0.3) is 5.56 Å². The first kappa shape index (κ1) is 11.0. The summed E-state index contributed by atoms with van der Waals surface area (Å²) in [6.07, 6.45) is 2.96. The van der Waals surface area contributed by atoms with E-state index in [0.717, 1.165) is 11.6 Å². The van der Waals surface area contributed by atoms with Crippen LogP contribution < -0.4 is 5.56 Å². The molecule has 2 aromatic heterocycles. The van der Waals surface area contributed by atoms with Gasteiger partial charge in [0, 0.05) is 13.2 Å². The smallest absolute Gasteiger partial charge is 0.268 e. The molecule has 0 unspecified atom stereocenters. The van der Waals surface area contributed by atoms with E-state index in [9.17, 15) is 4.79 Å². The van der Waals surface area contributed by atoms with E-state index in [4.69, 9.17) is 0 Å². The van der Waals surface area contributed by atoms with E-state index < -0.39 is 0 Å². The lowest BCUT2D eigenvalue weighted by molar-refractivity contribution is 0.657. The van der Waals surface area contributed by atoms with Gasteiger partial charge in [0.15, 0.2) is 5.82 Å². The van der Waals surface area contributed by atoms with E-state index in [1.807, 2.05) is 18.5 Å². The molecule has 0 amide bonds. The molecule has 0 atom stereocenters. The molecular weight excluding hydrogens is 274 g/mol. The fraction of sp³-hybridized carbons (Fsp3) is 0.333. The topological polar surface area (TPSA) is 65.6 Å². The van der Waals surface area contributed by atoms with Crippen LogP contribution >= 0.6 is 15.9 Å². The van der Waals surface area contributed by atoms with Gasteiger partial charge in [-0.3, -0.25) is 9.36 Å². The molecule has 0 fully saturated rings. The maximum Gasteiger partial charge on any atom is 0.268 e. The van der Waals surface area contributed by atoms with E-state index in [2.05, 4.69) is 31.1 Å². The minimum Gasteiger partial charge on any atom is -0.317 e. The third kappa shape index (κ3) is 1.90. The highest BCUT2D eigenvalue weighted by Gasteiger charge is 2.07. The molecule has 2 aromatic rings. The second-order valence-electron chi connectivity index (χ2n) is 3.40. The zero-order chi connectivity index (χ0) is 11.7. The van der Waals surface area contributed by atoms with Gasteiger partial charge in [-0.05, 0) is 22.9 Å². The molecule has 0 N–H and O–H groups in total. The summed E-state index contributed by atoms with van der Waals surface area (Å²) in [5, 5.41) is 7.92. The molecule has 0 aliphatic heterocycles. The quantitative estimate of drug-likeness (QED) is 0.805. The van der Waals surface area contributed by atoms with Crippen molar-refractivity contribution < 1.29 is 0 Å². The summed E-state index contributed by atoms with van der Waals surface area (Å²) in [6, 6.07) is 0. The lowest BCUT2D eigenvalue weighted by Crippen LogP contribution is -2.22. The van der Waals surface area contributed by atoms with Gasteiger partial charge < -0.3 is 4.57 Å². The van der Waals surface area contributed by atoms with E-state index in [1.54, 1.807) is 0 Å². The van der Waals surface area contributed by atoms with Crippen molar-refractivity contribution in [2.45, 2.75) is 13.5 Å². The summed E-state index contributed by atoms with van der Waals surface area (Å²) in [5.74, 6) is 1.53. The van der Waals surface area contributed by atoms with Crippen molar-refractivity contribution in [1.82, 2.24) is 24.3 Å². The van der Waals surface area contributed by atoms with Crippen molar-refractivity contribution in [1.29, 1.82) is 0 Å². The number of nitrogens with zero attached hydrogens (tertiary/aromatic N) is 5. The van der Waals surface area contributed by atoms with Crippen LogP contribution in [0.5, 0.6) is 0 Å². The van der Waals surface area contributed by atoms with E-state index in [1.165, 1.54) is 17.1 Å². The Morgan fingerprint density at radius 1 is 1.44 bits per heavy atom. The number of hydrogen-bond donors (Lipinski definition) is 0. The van der Waals surface area contributed by atoms with E-state index in [-0.39, 0.29) is 5.56 Å². The molecular formula is C9H10BrN5O. The average molecular weight is 284 g/mol. The minimum absolute atomic E-state index is 0.129. The van der Waals surface area contributed by atoms with Crippen molar-refractivity contribution >= 4 is 15.9 Å². The van der Waals surface area contributed by atoms with Crippen LogP contribution in [-0.2, 0) is 13.6 Å². The Morgan fingerprint density at radius 2 is 2.19 bits per heavy atom. The van der Waals surface area contributed by atoms with Crippen molar-refractivity contribution in [3.8, 4) is 0 Å². The van der Waals surface area contributed by atoms with Crippen LogP contribution in [0.15, 0.2) is 21.8 Å². The summed E-state index contributed by atoms with van der Waals surface area (Å²) in [7, 11) is 1.86. The third-order valence-electron chi connectivity index (χ3n) is 2.35. The summed E-state index contributed by atoms with van der Waals surface area (Å²) in [5.41, 5.74) is -0.129. The maximum atomic E-state index is 11.7. The van der Waals surface area contributed by atoms with Crippen molar-refractivity contribution in [2.24, 2.45) is 7.05 Å². The van der Waals surface area contributed by atoms with Gasteiger partial charge in [0.05, 0.1) is 12.9 Å². The zero-order valence-electron chi connectivity index (χ0n) is 8.88. The molecule has 0 saturated carbocycles. The first-order chi connectivity index (χ1) is 7.59. The van der Waals surface area contributed by atoms with Gasteiger partial charge >= 0.3 is 0 Å².